The molecule has 0 aliphatic rings. The number of rotatable bonds is 8. The molecular weight excluding hydrogens is 542 g/mol. The third-order valence-corrected chi connectivity index (χ3v) is 7.32. The maximum Gasteiger partial charge on any atom is 0.244 e. The van der Waals surface area contributed by atoms with E-state index in [1.54, 1.807) is 49.4 Å². The number of hydrogen-bond donors (Lipinski definition) is 1. The Labute approximate surface area is 215 Å². The molecule has 2 aromatic rings. The molecule has 0 saturated carbocycles. The van der Waals surface area contributed by atoms with Gasteiger partial charge in [-0.1, -0.05) is 39.7 Å². The second-order valence-electron chi connectivity index (χ2n) is 9.27. The lowest BCUT2D eigenvalue weighted by Gasteiger charge is -2.33. The SMILES string of the molecule is Cc1cc(N(CC(=O)N(Cc2ccc(Cl)cc2)[C@@H](C)C(=O)NC(C)(C)C)S(C)(=O)=O)ccc1Br. The minimum atomic E-state index is -3.78. The number of anilines is 1. The van der Waals surface area contributed by atoms with Gasteiger partial charge in [-0.25, -0.2) is 8.42 Å². The normalized spacial score (nSPS) is 12.7. The first-order chi connectivity index (χ1) is 15.6. The van der Waals surface area contributed by atoms with Gasteiger partial charge in [0.2, 0.25) is 21.8 Å². The number of carbonyl (C=O) groups excluding carboxylic acids is 2. The van der Waals surface area contributed by atoms with Crippen LogP contribution in [0.25, 0.3) is 0 Å². The molecule has 186 valence electrons. The van der Waals surface area contributed by atoms with Crippen LogP contribution < -0.4 is 9.62 Å². The summed E-state index contributed by atoms with van der Waals surface area (Å²) in [5, 5.41) is 3.44. The van der Waals surface area contributed by atoms with Crippen LogP contribution in [0.3, 0.4) is 0 Å². The van der Waals surface area contributed by atoms with Crippen molar-refractivity contribution < 1.29 is 18.0 Å². The molecule has 1 atom stereocenters. The van der Waals surface area contributed by atoms with Crippen molar-refractivity contribution in [1.82, 2.24) is 10.2 Å². The molecule has 0 bridgehead atoms. The van der Waals surface area contributed by atoms with Gasteiger partial charge >= 0.3 is 0 Å². The van der Waals surface area contributed by atoms with E-state index in [4.69, 9.17) is 11.6 Å². The largest absolute Gasteiger partial charge is 0.350 e. The van der Waals surface area contributed by atoms with E-state index in [0.717, 1.165) is 26.2 Å². The van der Waals surface area contributed by atoms with Crippen LogP contribution in [0.15, 0.2) is 46.9 Å². The van der Waals surface area contributed by atoms with E-state index in [9.17, 15) is 18.0 Å². The standard InChI is InChI=1S/C24H31BrClN3O4S/c1-16-13-20(11-12-21(16)25)29(34(6,32)33)15-22(30)28(14-18-7-9-19(26)10-8-18)17(2)23(31)27-24(3,4)5/h7-13,17H,14-15H2,1-6H3,(H,27,31)/t17-/m0/s1. The van der Waals surface area contributed by atoms with Crippen molar-refractivity contribution in [3.63, 3.8) is 0 Å². The molecule has 0 heterocycles. The highest BCUT2D eigenvalue weighted by atomic mass is 79.9. The molecule has 0 spiro atoms. The minimum absolute atomic E-state index is 0.117. The van der Waals surface area contributed by atoms with Gasteiger partial charge < -0.3 is 10.2 Å². The van der Waals surface area contributed by atoms with Crippen molar-refractivity contribution in [2.45, 2.75) is 52.7 Å². The Hall–Kier alpha value is -2.10. The van der Waals surface area contributed by atoms with E-state index in [1.807, 2.05) is 27.7 Å². The minimum Gasteiger partial charge on any atom is -0.350 e. The summed E-state index contributed by atoms with van der Waals surface area (Å²) in [7, 11) is -3.78. The summed E-state index contributed by atoms with van der Waals surface area (Å²) in [4.78, 5) is 27.8. The van der Waals surface area contributed by atoms with Gasteiger partial charge in [0, 0.05) is 21.6 Å². The lowest BCUT2D eigenvalue weighted by molar-refractivity contribution is -0.140. The Morgan fingerprint density at radius 3 is 2.21 bits per heavy atom. The van der Waals surface area contributed by atoms with Crippen LogP contribution in [0.2, 0.25) is 5.02 Å². The number of sulfonamides is 1. The average Bonchev–Trinajstić information content (AvgIpc) is 2.71. The second-order valence-corrected chi connectivity index (χ2v) is 12.5. The van der Waals surface area contributed by atoms with E-state index in [-0.39, 0.29) is 12.5 Å². The predicted molar refractivity (Wildman–Crippen MR) is 140 cm³/mol. The Morgan fingerprint density at radius 1 is 1.12 bits per heavy atom. The van der Waals surface area contributed by atoms with Crippen molar-refractivity contribution >= 4 is 55.1 Å². The molecular formula is C24H31BrClN3O4S. The first-order valence-corrected chi connectivity index (χ1v) is 13.7. The first kappa shape index (κ1) is 28.1. The van der Waals surface area contributed by atoms with Crippen LogP contribution in [-0.4, -0.2) is 49.5 Å². The van der Waals surface area contributed by atoms with Crippen molar-refractivity contribution in [3.8, 4) is 0 Å². The number of amides is 2. The van der Waals surface area contributed by atoms with Gasteiger partial charge in [-0.2, -0.15) is 0 Å². The zero-order valence-corrected chi connectivity index (χ0v) is 23.4. The Balaban J connectivity index is 2.41. The summed E-state index contributed by atoms with van der Waals surface area (Å²) in [5.41, 5.74) is 1.47. The fourth-order valence-electron chi connectivity index (χ4n) is 3.24. The molecule has 0 radical (unpaired) electrons. The number of carbonyl (C=O) groups is 2. The molecule has 0 saturated heterocycles. The third-order valence-electron chi connectivity index (χ3n) is 5.04. The number of benzene rings is 2. The van der Waals surface area contributed by atoms with Crippen LogP contribution in [-0.2, 0) is 26.2 Å². The molecule has 34 heavy (non-hydrogen) atoms. The van der Waals surface area contributed by atoms with Crippen LogP contribution in [0, 0.1) is 6.92 Å². The van der Waals surface area contributed by atoms with E-state index >= 15 is 0 Å². The summed E-state index contributed by atoms with van der Waals surface area (Å²) in [6, 6.07) is 11.2. The zero-order chi connectivity index (χ0) is 25.8. The van der Waals surface area contributed by atoms with Gasteiger partial charge in [0.15, 0.2) is 0 Å². The lowest BCUT2D eigenvalue weighted by Crippen LogP contribution is -2.54. The van der Waals surface area contributed by atoms with Crippen molar-refractivity contribution in [1.29, 1.82) is 0 Å². The van der Waals surface area contributed by atoms with Gasteiger partial charge in [0.05, 0.1) is 11.9 Å². The Morgan fingerprint density at radius 2 is 1.71 bits per heavy atom. The topological polar surface area (TPSA) is 86.8 Å². The molecule has 0 fully saturated rings. The molecule has 0 aliphatic carbocycles. The molecule has 0 aromatic heterocycles. The van der Waals surface area contributed by atoms with E-state index in [2.05, 4.69) is 21.2 Å². The molecule has 0 unspecified atom stereocenters. The van der Waals surface area contributed by atoms with Crippen LogP contribution >= 0.6 is 27.5 Å². The number of hydrogen-bond acceptors (Lipinski definition) is 4. The Bertz CT molecular complexity index is 1150. The van der Waals surface area contributed by atoms with Gasteiger partial charge in [-0.15, -0.1) is 0 Å². The molecule has 7 nitrogen and oxygen atoms in total. The van der Waals surface area contributed by atoms with E-state index in [1.165, 1.54) is 4.90 Å². The van der Waals surface area contributed by atoms with Crippen LogP contribution in [0.1, 0.15) is 38.8 Å². The molecule has 10 heteroatoms. The van der Waals surface area contributed by atoms with Crippen molar-refractivity contribution in [3.05, 3.63) is 63.1 Å². The highest BCUT2D eigenvalue weighted by molar-refractivity contribution is 9.10. The fourth-order valence-corrected chi connectivity index (χ4v) is 4.45. The summed E-state index contributed by atoms with van der Waals surface area (Å²) >= 11 is 9.39. The predicted octanol–water partition coefficient (Wildman–Crippen LogP) is 4.51. The van der Waals surface area contributed by atoms with Crippen LogP contribution in [0.5, 0.6) is 0 Å². The number of halogens is 2. The van der Waals surface area contributed by atoms with Gasteiger partial charge in [-0.3, -0.25) is 13.9 Å². The highest BCUT2D eigenvalue weighted by Gasteiger charge is 2.31. The smallest absolute Gasteiger partial charge is 0.244 e. The maximum atomic E-state index is 13.5. The van der Waals surface area contributed by atoms with Crippen molar-refractivity contribution in [2.24, 2.45) is 0 Å². The van der Waals surface area contributed by atoms with Gasteiger partial charge in [-0.05, 0) is 76.1 Å². The quantitative estimate of drug-likeness (QED) is 0.504. The van der Waals surface area contributed by atoms with Crippen molar-refractivity contribution in [2.75, 3.05) is 17.1 Å². The third kappa shape index (κ3) is 7.99. The number of nitrogens with zero attached hydrogens (tertiary/aromatic N) is 2. The first-order valence-electron chi connectivity index (χ1n) is 10.7. The molecule has 0 aliphatic heterocycles. The van der Waals surface area contributed by atoms with E-state index in [0.29, 0.717) is 10.7 Å². The summed E-state index contributed by atoms with van der Waals surface area (Å²) in [5.74, 6) is -0.835. The average molecular weight is 573 g/mol. The Kier molecular flexibility index (Phi) is 9.18. The van der Waals surface area contributed by atoms with Gasteiger partial charge in [0.1, 0.15) is 12.6 Å². The molecule has 1 N–H and O–H groups in total. The van der Waals surface area contributed by atoms with Crippen LogP contribution in [0.4, 0.5) is 5.69 Å². The molecule has 2 rings (SSSR count). The molecule has 2 aromatic carbocycles. The zero-order valence-electron chi connectivity index (χ0n) is 20.2. The number of aryl methyl sites for hydroxylation is 1. The second kappa shape index (κ2) is 11.1. The highest BCUT2D eigenvalue weighted by Crippen LogP contribution is 2.25. The number of nitrogens with one attached hydrogen (secondary N) is 1. The summed E-state index contributed by atoms with van der Waals surface area (Å²) in [6.07, 6.45) is 1.05. The maximum absolute atomic E-state index is 13.5. The summed E-state index contributed by atoms with van der Waals surface area (Å²) in [6.45, 7) is 8.69. The monoisotopic (exact) mass is 571 g/mol. The summed E-state index contributed by atoms with van der Waals surface area (Å²) < 4.78 is 27.1. The fraction of sp³-hybridized carbons (Fsp3) is 0.417. The van der Waals surface area contributed by atoms with E-state index < -0.39 is 34.1 Å². The lowest BCUT2D eigenvalue weighted by atomic mass is 10.1. The molecule has 2 amide bonds. The van der Waals surface area contributed by atoms with Gasteiger partial charge in [0.25, 0.3) is 0 Å².